The van der Waals surface area contributed by atoms with E-state index < -0.39 is 0 Å². The molecule has 0 unspecified atom stereocenters. The van der Waals surface area contributed by atoms with Gasteiger partial charge in [-0.25, -0.2) is 0 Å². The van der Waals surface area contributed by atoms with Crippen LogP contribution in [-0.2, 0) is 5.41 Å². The van der Waals surface area contributed by atoms with Crippen LogP contribution in [0.25, 0.3) is 0 Å². The summed E-state index contributed by atoms with van der Waals surface area (Å²) in [5.41, 5.74) is 7.58. The molecule has 0 amide bonds. The van der Waals surface area contributed by atoms with E-state index in [0.717, 1.165) is 23.5 Å². The lowest BCUT2D eigenvalue weighted by atomic mass is 9.85. The Labute approximate surface area is 152 Å². The van der Waals surface area contributed by atoms with E-state index in [2.05, 4.69) is 50.5 Å². The molecule has 3 nitrogen and oxygen atoms in total. The molecule has 3 N–H and O–H groups in total. The third kappa shape index (κ3) is 4.34. The van der Waals surface area contributed by atoms with Gasteiger partial charge < -0.3 is 11.1 Å². The zero-order valence-electron chi connectivity index (χ0n) is 12.1. The van der Waals surface area contributed by atoms with E-state index in [1.807, 2.05) is 0 Å². The van der Waals surface area contributed by atoms with E-state index in [1.165, 1.54) is 37.7 Å². The molecule has 116 valence electrons. The summed E-state index contributed by atoms with van der Waals surface area (Å²) in [5, 5.41) is 3.27. The molecule has 0 heterocycles. The predicted molar refractivity (Wildman–Crippen MR) is 102 cm³/mol. The van der Waals surface area contributed by atoms with Crippen molar-refractivity contribution in [2.45, 2.75) is 37.5 Å². The Bertz CT molecular complexity index is 510. The summed E-state index contributed by atoms with van der Waals surface area (Å²) in [4.78, 5) is 4.56. The third-order valence-electron chi connectivity index (χ3n) is 4.64. The normalized spacial score (nSPS) is 20.3. The minimum atomic E-state index is 0. The van der Waals surface area contributed by atoms with E-state index in [-0.39, 0.29) is 29.4 Å². The lowest BCUT2D eigenvalue weighted by Gasteiger charge is -2.25. The van der Waals surface area contributed by atoms with Gasteiger partial charge in [-0.15, -0.1) is 24.0 Å². The van der Waals surface area contributed by atoms with Gasteiger partial charge in [0.25, 0.3) is 0 Å². The van der Waals surface area contributed by atoms with Crippen molar-refractivity contribution in [3.63, 3.8) is 0 Å². The number of nitrogens with one attached hydrogen (secondary N) is 1. The molecule has 3 rings (SSSR count). The molecule has 0 spiro atoms. The van der Waals surface area contributed by atoms with Crippen molar-refractivity contribution < 1.29 is 0 Å². The Morgan fingerprint density at radius 1 is 1.38 bits per heavy atom. The molecule has 21 heavy (non-hydrogen) atoms. The lowest BCUT2D eigenvalue weighted by molar-refractivity contribution is 0.315. The van der Waals surface area contributed by atoms with Crippen molar-refractivity contribution in [3.05, 3.63) is 34.3 Å². The average molecular weight is 464 g/mol. The second kappa shape index (κ2) is 7.31. The van der Waals surface area contributed by atoms with Crippen molar-refractivity contribution in [1.29, 1.82) is 0 Å². The van der Waals surface area contributed by atoms with Crippen LogP contribution in [0.1, 0.15) is 37.7 Å². The van der Waals surface area contributed by atoms with E-state index in [0.29, 0.717) is 5.96 Å². The van der Waals surface area contributed by atoms with E-state index in [1.54, 1.807) is 0 Å². The van der Waals surface area contributed by atoms with E-state index in [4.69, 9.17) is 5.73 Å². The van der Waals surface area contributed by atoms with Crippen molar-refractivity contribution in [3.8, 4) is 0 Å². The minimum Gasteiger partial charge on any atom is -0.370 e. The molecule has 2 aliphatic carbocycles. The summed E-state index contributed by atoms with van der Waals surface area (Å²) in [6.45, 7) is 1.78. The molecule has 0 bridgehead atoms. The first-order chi connectivity index (χ1) is 9.68. The Morgan fingerprint density at radius 3 is 2.71 bits per heavy atom. The molecule has 5 heteroatoms. The smallest absolute Gasteiger partial charge is 0.188 e. The maximum absolute atomic E-state index is 5.97. The highest BCUT2D eigenvalue weighted by atomic mass is 127. The second-order valence-corrected chi connectivity index (χ2v) is 7.09. The fourth-order valence-corrected chi connectivity index (χ4v) is 3.14. The number of guanidine groups is 1. The molecule has 0 aromatic heterocycles. The first kappa shape index (κ1) is 17.1. The Kier molecular flexibility index (Phi) is 5.94. The molecule has 2 aliphatic rings. The fourth-order valence-electron chi connectivity index (χ4n) is 2.75. The van der Waals surface area contributed by atoms with Gasteiger partial charge in [0.1, 0.15) is 0 Å². The molecular weight excluding hydrogens is 441 g/mol. The third-order valence-corrected chi connectivity index (χ3v) is 5.13. The number of rotatable bonds is 5. The van der Waals surface area contributed by atoms with E-state index in [9.17, 15) is 0 Å². The average Bonchev–Trinajstić information content (AvgIpc) is 3.16. The highest BCUT2D eigenvalue weighted by Crippen LogP contribution is 2.48. The molecule has 2 fully saturated rings. The largest absolute Gasteiger partial charge is 0.370 e. The standard InChI is InChI=1S/C16H22BrN3.HI/c17-14-6-2-5-13(9-14)16(7-8-16)11-20-15(18)19-10-12-3-1-4-12;/h2,5-6,9,12H,1,3-4,7-8,10-11H2,(H3,18,19,20);1H. The summed E-state index contributed by atoms with van der Waals surface area (Å²) < 4.78 is 1.14. The summed E-state index contributed by atoms with van der Waals surface area (Å²) in [6, 6.07) is 8.57. The molecule has 2 saturated carbocycles. The number of hydrogen-bond acceptors (Lipinski definition) is 1. The predicted octanol–water partition coefficient (Wildman–Crippen LogP) is 3.80. The number of aliphatic imine (C=N–C) groups is 1. The summed E-state index contributed by atoms with van der Waals surface area (Å²) in [6.07, 6.45) is 6.46. The molecule has 0 aliphatic heterocycles. The summed E-state index contributed by atoms with van der Waals surface area (Å²) in [5.74, 6) is 1.42. The quantitative estimate of drug-likeness (QED) is 0.396. The molecule has 0 saturated heterocycles. The number of nitrogens with zero attached hydrogens (tertiary/aromatic N) is 1. The zero-order valence-corrected chi connectivity index (χ0v) is 16.1. The van der Waals surface area contributed by atoms with Gasteiger partial charge in [0.2, 0.25) is 0 Å². The molecule has 1 aromatic carbocycles. The molecule has 0 atom stereocenters. The topological polar surface area (TPSA) is 50.4 Å². The maximum Gasteiger partial charge on any atom is 0.188 e. The molecule has 1 aromatic rings. The van der Waals surface area contributed by atoms with Crippen LogP contribution >= 0.6 is 39.9 Å². The zero-order chi connectivity index (χ0) is 14.0. The van der Waals surface area contributed by atoms with Crippen LogP contribution in [0.2, 0.25) is 0 Å². The van der Waals surface area contributed by atoms with Crippen LogP contribution in [0, 0.1) is 5.92 Å². The molecular formula is C16H23BrIN3. The SMILES string of the molecule is I.NC(=NCC1(c2cccc(Br)c2)CC1)NCC1CCC1. The highest BCUT2D eigenvalue weighted by molar-refractivity contribution is 14.0. The van der Waals surface area contributed by atoms with Crippen LogP contribution < -0.4 is 11.1 Å². The minimum absolute atomic E-state index is 0. The van der Waals surface area contributed by atoms with Crippen molar-refractivity contribution in [2.24, 2.45) is 16.6 Å². The van der Waals surface area contributed by atoms with Gasteiger partial charge in [0, 0.05) is 16.4 Å². The monoisotopic (exact) mass is 463 g/mol. The number of halogens is 2. The number of nitrogens with two attached hydrogens (primary N) is 1. The Hall–Kier alpha value is -0.300. The van der Waals surface area contributed by atoms with Gasteiger partial charge >= 0.3 is 0 Å². The Morgan fingerprint density at radius 2 is 2.14 bits per heavy atom. The van der Waals surface area contributed by atoms with Crippen molar-refractivity contribution in [1.82, 2.24) is 5.32 Å². The number of benzene rings is 1. The van der Waals surface area contributed by atoms with Crippen molar-refractivity contribution in [2.75, 3.05) is 13.1 Å². The van der Waals surface area contributed by atoms with Crippen LogP contribution in [0.5, 0.6) is 0 Å². The highest BCUT2D eigenvalue weighted by Gasteiger charge is 2.44. The van der Waals surface area contributed by atoms with Gasteiger partial charge in [-0.3, -0.25) is 4.99 Å². The van der Waals surface area contributed by atoms with Crippen LogP contribution in [-0.4, -0.2) is 19.0 Å². The molecule has 0 radical (unpaired) electrons. The maximum atomic E-state index is 5.97. The van der Waals surface area contributed by atoms with Crippen LogP contribution in [0.4, 0.5) is 0 Å². The first-order valence-corrected chi connectivity index (χ1v) is 8.27. The lowest BCUT2D eigenvalue weighted by Crippen LogP contribution is -2.37. The van der Waals surface area contributed by atoms with Gasteiger partial charge in [-0.2, -0.15) is 0 Å². The van der Waals surface area contributed by atoms with Gasteiger partial charge in [-0.05, 0) is 49.3 Å². The summed E-state index contributed by atoms with van der Waals surface area (Å²) in [7, 11) is 0. The van der Waals surface area contributed by atoms with Gasteiger partial charge in [0.05, 0.1) is 6.54 Å². The van der Waals surface area contributed by atoms with Gasteiger partial charge in [-0.1, -0.05) is 34.5 Å². The van der Waals surface area contributed by atoms with E-state index >= 15 is 0 Å². The fraction of sp³-hybridized carbons (Fsp3) is 0.562. The van der Waals surface area contributed by atoms with Crippen LogP contribution in [0.15, 0.2) is 33.7 Å². The Balaban J connectivity index is 0.00000161. The van der Waals surface area contributed by atoms with Crippen molar-refractivity contribution >= 4 is 45.9 Å². The van der Waals surface area contributed by atoms with Crippen LogP contribution in [0.3, 0.4) is 0 Å². The summed E-state index contributed by atoms with van der Waals surface area (Å²) >= 11 is 3.54. The first-order valence-electron chi connectivity index (χ1n) is 7.48. The number of hydrogen-bond donors (Lipinski definition) is 2. The van der Waals surface area contributed by atoms with Gasteiger partial charge in [0.15, 0.2) is 5.96 Å². The second-order valence-electron chi connectivity index (χ2n) is 6.17.